The van der Waals surface area contributed by atoms with Crippen molar-refractivity contribution in [2.75, 3.05) is 0 Å². The number of hydrogen-bond donors (Lipinski definition) is 0. The third kappa shape index (κ3) is 4.83. The summed E-state index contributed by atoms with van der Waals surface area (Å²) in [7, 11) is -2.20. The van der Waals surface area contributed by atoms with Gasteiger partial charge in [-0.15, -0.1) is 0 Å². The molecule has 0 saturated heterocycles. The van der Waals surface area contributed by atoms with Crippen molar-refractivity contribution < 1.29 is 16.8 Å². The zero-order valence-electron chi connectivity index (χ0n) is 12.8. The Labute approximate surface area is 151 Å². The normalized spacial score (nSPS) is 10.7. The van der Waals surface area contributed by atoms with Crippen LogP contribution in [0, 0.1) is 6.92 Å². The van der Waals surface area contributed by atoms with Crippen molar-refractivity contribution in [3.63, 3.8) is 0 Å². The van der Waals surface area contributed by atoms with Crippen LogP contribution in [0.2, 0.25) is 6.04 Å². The molecule has 4 heteroatoms. The van der Waals surface area contributed by atoms with Crippen molar-refractivity contribution in [2.24, 2.45) is 0 Å². The molecule has 0 aliphatic rings. The summed E-state index contributed by atoms with van der Waals surface area (Å²) in [5, 5.41) is 2.59. The van der Waals surface area contributed by atoms with Crippen LogP contribution in [-0.2, 0) is 4.43 Å². The van der Waals surface area contributed by atoms with Gasteiger partial charge in [0.1, 0.15) is 0 Å². The largest absolute Gasteiger partial charge is 2.00 e. The molecule has 0 radical (unpaired) electrons. The first kappa shape index (κ1) is 20.7. The van der Waals surface area contributed by atoms with E-state index in [1.54, 1.807) is 0 Å². The van der Waals surface area contributed by atoms with E-state index in [1.807, 2.05) is 12.1 Å². The fourth-order valence-electron chi connectivity index (χ4n) is 2.47. The molecule has 1 nitrogen and oxygen atoms in total. The van der Waals surface area contributed by atoms with Crippen molar-refractivity contribution in [3.05, 3.63) is 67.6 Å². The second-order valence-electron chi connectivity index (χ2n) is 4.98. The van der Waals surface area contributed by atoms with E-state index in [4.69, 9.17) is 4.43 Å². The first-order valence-electron chi connectivity index (χ1n) is 6.77. The molecular weight excluding hydrogens is 308 g/mol. The smallest absolute Gasteiger partial charge is 1.00 e. The van der Waals surface area contributed by atoms with E-state index < -0.39 is 8.32 Å². The number of benzene rings is 2. The van der Waals surface area contributed by atoms with Crippen LogP contribution in [0.25, 0.3) is 0 Å². The molecule has 108 valence electrons. The molecule has 0 atom stereocenters. The predicted molar refractivity (Wildman–Crippen MR) is 90.0 cm³/mol. The van der Waals surface area contributed by atoms with Gasteiger partial charge in [0.15, 0.2) is 0 Å². The minimum absolute atomic E-state index is 0. The van der Waals surface area contributed by atoms with Crippen LogP contribution in [-0.4, -0.2) is 37.5 Å². The molecule has 0 spiro atoms. The van der Waals surface area contributed by atoms with Crippen LogP contribution in [0.3, 0.4) is 0 Å². The minimum Gasteiger partial charge on any atom is -1.00 e. The molecule has 2 rings (SSSR count). The molecular formula is C17H21ClMgOSi. The summed E-state index contributed by atoms with van der Waals surface area (Å²) in [5.41, 5.74) is 0. The Morgan fingerprint density at radius 1 is 0.905 bits per heavy atom. The Hall–Kier alpha value is -0.327. The van der Waals surface area contributed by atoms with E-state index in [0.29, 0.717) is 0 Å². The Bertz CT molecular complexity index is 465. The molecule has 0 unspecified atom stereocenters. The molecule has 2 aromatic carbocycles. The van der Waals surface area contributed by atoms with Gasteiger partial charge in [0, 0.05) is 6.10 Å². The second-order valence-corrected chi connectivity index (χ2v) is 8.52. The van der Waals surface area contributed by atoms with Crippen LogP contribution >= 0.6 is 0 Å². The van der Waals surface area contributed by atoms with Crippen LogP contribution in [0.4, 0.5) is 0 Å². The van der Waals surface area contributed by atoms with Crippen LogP contribution in [0.1, 0.15) is 13.8 Å². The summed E-state index contributed by atoms with van der Waals surface area (Å²) in [4.78, 5) is 0. The Morgan fingerprint density at radius 2 is 1.29 bits per heavy atom. The maximum atomic E-state index is 6.44. The first-order chi connectivity index (χ1) is 9.19. The Balaban J connectivity index is 0.00000200. The van der Waals surface area contributed by atoms with Crippen molar-refractivity contribution in [1.82, 2.24) is 0 Å². The molecule has 0 aliphatic carbocycles. The van der Waals surface area contributed by atoms with E-state index in [1.165, 1.54) is 10.4 Å². The molecule has 0 amide bonds. The van der Waals surface area contributed by atoms with E-state index in [9.17, 15) is 0 Å². The first-order valence-corrected chi connectivity index (χ1v) is 8.88. The summed E-state index contributed by atoms with van der Waals surface area (Å²) >= 11 is 0. The third-order valence-electron chi connectivity index (χ3n) is 3.27. The summed E-state index contributed by atoms with van der Waals surface area (Å²) in [5.74, 6) is 0. The molecule has 0 saturated carbocycles. The maximum absolute atomic E-state index is 6.44. The van der Waals surface area contributed by atoms with Gasteiger partial charge >= 0.3 is 23.1 Å². The molecule has 21 heavy (non-hydrogen) atoms. The maximum Gasteiger partial charge on any atom is 2.00 e. The molecule has 2 aromatic rings. The van der Waals surface area contributed by atoms with Crippen molar-refractivity contribution >= 4 is 41.7 Å². The number of halogens is 1. The number of rotatable bonds is 5. The van der Waals surface area contributed by atoms with Crippen LogP contribution in [0.5, 0.6) is 0 Å². The topological polar surface area (TPSA) is 9.23 Å². The van der Waals surface area contributed by atoms with Crippen LogP contribution in [0.15, 0.2) is 60.7 Å². The fraction of sp³-hybridized carbons (Fsp3) is 0.235. The van der Waals surface area contributed by atoms with Gasteiger partial charge in [-0.25, -0.2) is 0 Å². The zero-order valence-corrected chi connectivity index (χ0v) is 15.9. The summed E-state index contributed by atoms with van der Waals surface area (Å²) in [6.07, 6.45) is 0.203. The van der Waals surface area contributed by atoms with Crippen molar-refractivity contribution in [3.8, 4) is 0 Å². The SMILES string of the molecule is [CH2-]C[Si](OC(C)C)(c1ccccc1)c1ccccc1.[Cl-].[Mg+2]. The second kappa shape index (κ2) is 9.64. The van der Waals surface area contributed by atoms with Crippen molar-refractivity contribution in [1.29, 1.82) is 0 Å². The number of hydrogen-bond acceptors (Lipinski definition) is 1. The average molecular weight is 329 g/mol. The standard InChI is InChI=1S/C17H21OSi.ClH.Mg/c1-4-19(18-15(2)3,16-11-7-5-8-12-16)17-13-9-6-10-14-17;;/h5-15H,1,4H2,2-3H3;1H;/q-1;;+2/p-1. The van der Waals surface area contributed by atoms with Gasteiger partial charge in [-0.1, -0.05) is 60.7 Å². The molecule has 0 bridgehead atoms. The monoisotopic (exact) mass is 328 g/mol. The third-order valence-corrected chi connectivity index (χ3v) is 7.38. The quantitative estimate of drug-likeness (QED) is 0.537. The van der Waals surface area contributed by atoms with E-state index >= 15 is 0 Å². The van der Waals surface area contributed by atoms with Gasteiger partial charge < -0.3 is 23.8 Å². The van der Waals surface area contributed by atoms with Gasteiger partial charge in [-0.05, 0) is 24.2 Å². The van der Waals surface area contributed by atoms with Gasteiger partial charge in [-0.2, -0.15) is 6.04 Å². The molecule has 0 fully saturated rings. The molecule has 0 aliphatic heterocycles. The van der Waals surface area contributed by atoms with Gasteiger partial charge in [0.05, 0.1) is 0 Å². The molecule has 0 aromatic heterocycles. The zero-order chi connectivity index (χ0) is 13.7. The van der Waals surface area contributed by atoms with Gasteiger partial charge in [0.2, 0.25) is 8.32 Å². The van der Waals surface area contributed by atoms with E-state index in [-0.39, 0.29) is 41.6 Å². The molecule has 0 heterocycles. The predicted octanol–water partition coefficient (Wildman–Crippen LogP) is -0.371. The van der Waals surface area contributed by atoms with E-state index in [2.05, 4.69) is 69.3 Å². The van der Waals surface area contributed by atoms with Gasteiger partial charge in [0.25, 0.3) is 0 Å². The summed E-state index contributed by atoms with van der Waals surface area (Å²) in [6.45, 7) is 8.40. The van der Waals surface area contributed by atoms with Gasteiger partial charge in [-0.3, -0.25) is 0 Å². The summed E-state index contributed by atoms with van der Waals surface area (Å²) in [6, 6.07) is 21.9. The summed E-state index contributed by atoms with van der Waals surface area (Å²) < 4.78 is 6.44. The average Bonchev–Trinajstić information content (AvgIpc) is 2.46. The Kier molecular flexibility index (Phi) is 9.49. The fourth-order valence-corrected chi connectivity index (χ4v) is 6.03. The molecule has 0 N–H and O–H groups in total. The minimum atomic E-state index is -2.20. The Morgan fingerprint density at radius 3 is 1.57 bits per heavy atom. The van der Waals surface area contributed by atoms with E-state index in [0.717, 1.165) is 6.04 Å². The van der Waals surface area contributed by atoms with Crippen LogP contribution < -0.4 is 22.8 Å². The van der Waals surface area contributed by atoms with Crippen molar-refractivity contribution in [2.45, 2.75) is 26.0 Å².